The van der Waals surface area contributed by atoms with E-state index in [1.54, 1.807) is 23.1 Å². The number of carboxylic acids is 1. The van der Waals surface area contributed by atoms with E-state index in [2.05, 4.69) is 5.16 Å². The first-order chi connectivity index (χ1) is 11.3. The molecule has 0 unspecified atom stereocenters. The summed E-state index contributed by atoms with van der Waals surface area (Å²) in [5.41, 5.74) is 2.27. The fourth-order valence-electron chi connectivity index (χ4n) is 2.75. The summed E-state index contributed by atoms with van der Waals surface area (Å²) >= 11 is 0. The maximum absolute atomic E-state index is 12.7. The van der Waals surface area contributed by atoms with E-state index in [0.717, 1.165) is 11.1 Å². The molecule has 1 aliphatic rings. The molecule has 0 saturated heterocycles. The molecule has 2 aromatic rings. The van der Waals surface area contributed by atoms with Crippen LogP contribution >= 0.6 is 0 Å². The average molecular weight is 328 g/mol. The van der Waals surface area contributed by atoms with Crippen LogP contribution in [0.2, 0.25) is 0 Å². The molecule has 126 valence electrons. The van der Waals surface area contributed by atoms with Crippen molar-refractivity contribution in [1.82, 2.24) is 10.1 Å². The second-order valence-corrected chi connectivity index (χ2v) is 7.09. The monoisotopic (exact) mass is 328 g/mol. The summed E-state index contributed by atoms with van der Waals surface area (Å²) in [6, 6.07) is 6.76. The SMILES string of the molecule is CC(C)(C)c1cc(C(=O)N2CCc3ccc(C(=O)O)cc3C2)no1. The maximum atomic E-state index is 12.7. The minimum Gasteiger partial charge on any atom is -0.478 e. The fraction of sp³-hybridized carbons (Fsp3) is 0.389. The van der Waals surface area contributed by atoms with E-state index >= 15 is 0 Å². The molecule has 0 atom stereocenters. The predicted molar refractivity (Wildman–Crippen MR) is 87.0 cm³/mol. The Morgan fingerprint density at radius 1 is 1.21 bits per heavy atom. The highest BCUT2D eigenvalue weighted by Crippen LogP contribution is 2.25. The minimum absolute atomic E-state index is 0.194. The highest BCUT2D eigenvalue weighted by molar-refractivity contribution is 5.92. The van der Waals surface area contributed by atoms with Crippen molar-refractivity contribution in [3.05, 3.63) is 52.4 Å². The summed E-state index contributed by atoms with van der Waals surface area (Å²) in [4.78, 5) is 25.5. The smallest absolute Gasteiger partial charge is 0.335 e. The molecular weight excluding hydrogens is 308 g/mol. The van der Waals surface area contributed by atoms with Crippen molar-refractivity contribution in [1.29, 1.82) is 0 Å². The first-order valence-corrected chi connectivity index (χ1v) is 7.87. The van der Waals surface area contributed by atoms with Crippen molar-refractivity contribution in [2.24, 2.45) is 0 Å². The molecule has 0 aliphatic carbocycles. The molecule has 1 amide bonds. The number of aromatic nitrogens is 1. The number of benzene rings is 1. The molecule has 1 N–H and O–H groups in total. The lowest BCUT2D eigenvalue weighted by atomic mass is 9.93. The summed E-state index contributed by atoms with van der Waals surface area (Å²) in [7, 11) is 0. The van der Waals surface area contributed by atoms with Crippen molar-refractivity contribution >= 4 is 11.9 Å². The van der Waals surface area contributed by atoms with Gasteiger partial charge >= 0.3 is 5.97 Å². The van der Waals surface area contributed by atoms with Crippen LogP contribution in [0, 0.1) is 0 Å². The number of hydrogen-bond acceptors (Lipinski definition) is 4. The van der Waals surface area contributed by atoms with Crippen LogP contribution in [0.3, 0.4) is 0 Å². The predicted octanol–water partition coefficient (Wildman–Crippen LogP) is 2.87. The highest BCUT2D eigenvalue weighted by Gasteiger charge is 2.27. The zero-order chi connectivity index (χ0) is 17.5. The van der Waals surface area contributed by atoms with Crippen molar-refractivity contribution in [2.45, 2.75) is 39.2 Å². The second kappa shape index (κ2) is 5.78. The van der Waals surface area contributed by atoms with Crippen LogP contribution in [0.15, 0.2) is 28.8 Å². The molecule has 0 saturated carbocycles. The average Bonchev–Trinajstić information content (AvgIpc) is 3.03. The number of nitrogens with zero attached hydrogens (tertiary/aromatic N) is 2. The Labute approximate surface area is 140 Å². The van der Waals surface area contributed by atoms with Gasteiger partial charge < -0.3 is 14.5 Å². The van der Waals surface area contributed by atoms with Gasteiger partial charge in [0, 0.05) is 24.6 Å². The Morgan fingerprint density at radius 2 is 1.96 bits per heavy atom. The van der Waals surface area contributed by atoms with Gasteiger partial charge in [0.15, 0.2) is 5.69 Å². The molecule has 6 heteroatoms. The van der Waals surface area contributed by atoms with Crippen LogP contribution in [-0.4, -0.2) is 33.6 Å². The van der Waals surface area contributed by atoms with E-state index < -0.39 is 5.97 Å². The molecule has 0 radical (unpaired) electrons. The van der Waals surface area contributed by atoms with Gasteiger partial charge in [-0.1, -0.05) is 32.0 Å². The molecule has 0 spiro atoms. The fourth-order valence-corrected chi connectivity index (χ4v) is 2.75. The van der Waals surface area contributed by atoms with E-state index in [1.807, 2.05) is 26.8 Å². The van der Waals surface area contributed by atoms with Gasteiger partial charge in [-0.25, -0.2) is 4.79 Å². The number of aromatic carboxylic acids is 1. The molecule has 0 fully saturated rings. The van der Waals surface area contributed by atoms with Crippen LogP contribution in [-0.2, 0) is 18.4 Å². The van der Waals surface area contributed by atoms with Gasteiger partial charge in [-0.2, -0.15) is 0 Å². The topological polar surface area (TPSA) is 83.6 Å². The van der Waals surface area contributed by atoms with Gasteiger partial charge in [0.25, 0.3) is 5.91 Å². The van der Waals surface area contributed by atoms with E-state index in [1.165, 1.54) is 0 Å². The number of amides is 1. The summed E-state index contributed by atoms with van der Waals surface area (Å²) in [6.07, 6.45) is 0.699. The first kappa shape index (κ1) is 16.2. The van der Waals surface area contributed by atoms with E-state index in [0.29, 0.717) is 25.3 Å². The Kier molecular flexibility index (Phi) is 3.91. The second-order valence-electron chi connectivity index (χ2n) is 7.09. The molecule has 1 aliphatic heterocycles. The van der Waals surface area contributed by atoms with E-state index in [4.69, 9.17) is 9.63 Å². The van der Waals surface area contributed by atoms with E-state index in [9.17, 15) is 9.59 Å². The molecule has 0 bridgehead atoms. The lowest BCUT2D eigenvalue weighted by molar-refractivity contribution is 0.0696. The lowest BCUT2D eigenvalue weighted by Crippen LogP contribution is -2.36. The van der Waals surface area contributed by atoms with Crippen molar-refractivity contribution in [3.63, 3.8) is 0 Å². The number of carboxylic acid groups (broad SMARTS) is 1. The Balaban J connectivity index is 1.82. The molecule has 1 aromatic carbocycles. The molecule has 1 aromatic heterocycles. The molecule has 2 heterocycles. The zero-order valence-electron chi connectivity index (χ0n) is 14.0. The lowest BCUT2D eigenvalue weighted by Gasteiger charge is -2.28. The van der Waals surface area contributed by atoms with Gasteiger partial charge in [-0.05, 0) is 29.7 Å². The van der Waals surface area contributed by atoms with Crippen LogP contribution < -0.4 is 0 Å². The quantitative estimate of drug-likeness (QED) is 0.916. The van der Waals surface area contributed by atoms with Gasteiger partial charge in [-0.3, -0.25) is 4.79 Å². The number of carbonyl (C=O) groups excluding carboxylic acids is 1. The third kappa shape index (κ3) is 3.04. The zero-order valence-corrected chi connectivity index (χ0v) is 14.0. The van der Waals surface area contributed by atoms with Crippen LogP contribution in [0.1, 0.15) is 58.5 Å². The molecule has 6 nitrogen and oxygen atoms in total. The number of rotatable bonds is 2. The van der Waals surface area contributed by atoms with Gasteiger partial charge in [0.1, 0.15) is 5.76 Å². The third-order valence-corrected chi connectivity index (χ3v) is 4.22. The highest BCUT2D eigenvalue weighted by atomic mass is 16.5. The first-order valence-electron chi connectivity index (χ1n) is 7.87. The molecular formula is C18H20N2O4. The summed E-state index contributed by atoms with van der Waals surface area (Å²) < 4.78 is 5.29. The number of hydrogen-bond donors (Lipinski definition) is 1. The Hall–Kier alpha value is -2.63. The maximum Gasteiger partial charge on any atom is 0.335 e. The number of carbonyl (C=O) groups is 2. The van der Waals surface area contributed by atoms with Gasteiger partial charge in [0.2, 0.25) is 0 Å². The molecule has 24 heavy (non-hydrogen) atoms. The third-order valence-electron chi connectivity index (χ3n) is 4.22. The summed E-state index contributed by atoms with van der Waals surface area (Å²) in [5.74, 6) is -0.496. The molecule has 3 rings (SSSR count). The standard InChI is InChI=1S/C18H20N2O4/c1-18(2,3)15-9-14(19-24-15)16(21)20-7-6-11-4-5-12(17(22)23)8-13(11)10-20/h4-5,8-9H,6-7,10H2,1-3H3,(H,22,23). The Morgan fingerprint density at radius 3 is 2.58 bits per heavy atom. The normalized spacial score (nSPS) is 14.4. The van der Waals surface area contributed by atoms with Crippen LogP contribution in [0.4, 0.5) is 0 Å². The Bertz CT molecular complexity index is 802. The van der Waals surface area contributed by atoms with Crippen molar-refractivity contribution in [2.75, 3.05) is 6.54 Å². The van der Waals surface area contributed by atoms with E-state index in [-0.39, 0.29) is 22.6 Å². The summed E-state index contributed by atoms with van der Waals surface area (Å²) in [6.45, 7) is 6.94. The minimum atomic E-state index is -0.965. The van der Waals surface area contributed by atoms with Gasteiger partial charge in [0.05, 0.1) is 5.56 Å². The van der Waals surface area contributed by atoms with Crippen molar-refractivity contribution < 1.29 is 19.2 Å². The number of fused-ring (bicyclic) bond motifs is 1. The largest absolute Gasteiger partial charge is 0.478 e. The van der Waals surface area contributed by atoms with Gasteiger partial charge in [-0.15, -0.1) is 0 Å². The van der Waals surface area contributed by atoms with Crippen LogP contribution in [0.25, 0.3) is 0 Å². The van der Waals surface area contributed by atoms with Crippen molar-refractivity contribution in [3.8, 4) is 0 Å². The summed E-state index contributed by atoms with van der Waals surface area (Å²) in [5, 5.41) is 13.0. The van der Waals surface area contributed by atoms with Crippen LogP contribution in [0.5, 0.6) is 0 Å².